The van der Waals surface area contributed by atoms with Gasteiger partial charge in [0.2, 0.25) is 0 Å². The van der Waals surface area contributed by atoms with Crippen molar-refractivity contribution in [3.05, 3.63) is 0 Å². The van der Waals surface area contributed by atoms with Crippen LogP contribution < -0.4 is 5.32 Å². The lowest BCUT2D eigenvalue weighted by atomic mass is 9.66. The molecule has 2 aliphatic carbocycles. The van der Waals surface area contributed by atoms with E-state index in [4.69, 9.17) is 0 Å². The predicted octanol–water partition coefficient (Wildman–Crippen LogP) is 3.03. The summed E-state index contributed by atoms with van der Waals surface area (Å²) in [6.07, 6.45) is 10.1. The van der Waals surface area contributed by atoms with Crippen molar-refractivity contribution in [2.75, 3.05) is 19.6 Å². The van der Waals surface area contributed by atoms with Crippen LogP contribution in [0.4, 0.5) is 0 Å². The third-order valence-electron chi connectivity index (χ3n) is 5.93. The van der Waals surface area contributed by atoms with Crippen molar-refractivity contribution in [2.45, 2.75) is 70.9 Å². The van der Waals surface area contributed by atoms with Crippen molar-refractivity contribution in [1.82, 2.24) is 10.2 Å². The minimum Gasteiger partial charge on any atom is -0.311 e. The third kappa shape index (κ3) is 2.46. The van der Waals surface area contributed by atoms with Crippen LogP contribution >= 0.6 is 0 Å². The molecule has 1 saturated heterocycles. The van der Waals surface area contributed by atoms with Crippen LogP contribution in [0.15, 0.2) is 0 Å². The van der Waals surface area contributed by atoms with Crippen molar-refractivity contribution >= 4 is 0 Å². The molecule has 2 heteroatoms. The fourth-order valence-corrected chi connectivity index (χ4v) is 4.02. The van der Waals surface area contributed by atoms with Gasteiger partial charge < -0.3 is 5.32 Å². The number of hydrogen-bond acceptors (Lipinski definition) is 2. The van der Waals surface area contributed by atoms with E-state index in [1.807, 2.05) is 0 Å². The molecule has 1 heterocycles. The molecule has 3 fully saturated rings. The molecule has 0 aromatic carbocycles. The van der Waals surface area contributed by atoms with Crippen LogP contribution in [0, 0.1) is 11.3 Å². The highest BCUT2D eigenvalue weighted by Gasteiger charge is 2.41. The number of rotatable bonds is 5. The zero-order valence-corrected chi connectivity index (χ0v) is 12.3. The van der Waals surface area contributed by atoms with E-state index in [2.05, 4.69) is 24.1 Å². The Kier molecular flexibility index (Phi) is 3.68. The van der Waals surface area contributed by atoms with Crippen LogP contribution in [0.5, 0.6) is 0 Å². The molecule has 2 nitrogen and oxygen atoms in total. The largest absolute Gasteiger partial charge is 0.311 e. The first-order chi connectivity index (χ1) is 8.76. The molecule has 3 aliphatic rings. The fraction of sp³-hybridized carbons (Fsp3) is 1.00. The summed E-state index contributed by atoms with van der Waals surface area (Å²) >= 11 is 0. The molecule has 0 aromatic rings. The molecule has 0 bridgehead atoms. The van der Waals surface area contributed by atoms with Gasteiger partial charge in [-0.2, -0.15) is 0 Å². The van der Waals surface area contributed by atoms with Gasteiger partial charge in [-0.1, -0.05) is 20.3 Å². The maximum atomic E-state index is 3.81. The summed E-state index contributed by atoms with van der Waals surface area (Å²) in [6.45, 7) is 8.70. The quantitative estimate of drug-likeness (QED) is 0.807. The molecular formula is C16H30N2. The van der Waals surface area contributed by atoms with Crippen LogP contribution in [0.1, 0.15) is 58.8 Å². The van der Waals surface area contributed by atoms with Gasteiger partial charge in [-0.15, -0.1) is 0 Å². The van der Waals surface area contributed by atoms with E-state index in [1.54, 1.807) is 0 Å². The van der Waals surface area contributed by atoms with Crippen molar-refractivity contribution in [2.24, 2.45) is 11.3 Å². The van der Waals surface area contributed by atoms with Gasteiger partial charge in [0.25, 0.3) is 0 Å². The van der Waals surface area contributed by atoms with Gasteiger partial charge in [-0.3, -0.25) is 4.90 Å². The van der Waals surface area contributed by atoms with E-state index < -0.39 is 0 Å². The Bertz CT molecular complexity index is 275. The summed E-state index contributed by atoms with van der Waals surface area (Å²) in [5.74, 6) is 1.00. The van der Waals surface area contributed by atoms with E-state index in [9.17, 15) is 0 Å². The fourth-order valence-electron chi connectivity index (χ4n) is 4.02. The van der Waals surface area contributed by atoms with Crippen LogP contribution in [0.3, 0.4) is 0 Å². The van der Waals surface area contributed by atoms with Gasteiger partial charge in [0.1, 0.15) is 0 Å². The molecule has 3 rings (SSSR count). The molecule has 0 amide bonds. The monoisotopic (exact) mass is 250 g/mol. The normalized spacial score (nSPS) is 36.3. The standard InChI is InChI=1S/C16H30N2/c1-3-14-10-17-15(13-6-7-13)11-18(14)12-16(4-2)8-5-9-16/h13-15,17H,3-12H2,1-2H3. The molecule has 18 heavy (non-hydrogen) atoms. The third-order valence-corrected chi connectivity index (χ3v) is 5.93. The van der Waals surface area contributed by atoms with E-state index in [0.29, 0.717) is 5.41 Å². The molecule has 2 unspecified atom stereocenters. The summed E-state index contributed by atoms with van der Waals surface area (Å²) in [5, 5.41) is 3.81. The predicted molar refractivity (Wildman–Crippen MR) is 76.7 cm³/mol. The lowest BCUT2D eigenvalue weighted by molar-refractivity contribution is 0.0174. The van der Waals surface area contributed by atoms with Gasteiger partial charge >= 0.3 is 0 Å². The van der Waals surface area contributed by atoms with Crippen LogP contribution in [0.25, 0.3) is 0 Å². The Hall–Kier alpha value is -0.0800. The first-order valence-electron chi connectivity index (χ1n) is 8.24. The average molecular weight is 250 g/mol. The summed E-state index contributed by atoms with van der Waals surface area (Å²) in [7, 11) is 0. The molecule has 0 spiro atoms. The van der Waals surface area contributed by atoms with Crippen LogP contribution in [-0.4, -0.2) is 36.6 Å². The molecule has 2 atom stereocenters. The lowest BCUT2D eigenvalue weighted by Crippen LogP contribution is -2.59. The topological polar surface area (TPSA) is 15.3 Å². The second kappa shape index (κ2) is 5.13. The highest BCUT2D eigenvalue weighted by molar-refractivity contribution is 4.97. The van der Waals surface area contributed by atoms with Gasteiger partial charge in [0.05, 0.1) is 0 Å². The lowest BCUT2D eigenvalue weighted by Gasteiger charge is -2.49. The van der Waals surface area contributed by atoms with E-state index in [0.717, 1.165) is 18.0 Å². The molecule has 1 aliphatic heterocycles. The number of piperazine rings is 1. The molecule has 0 aromatic heterocycles. The molecule has 104 valence electrons. The Morgan fingerprint density at radius 2 is 2.00 bits per heavy atom. The van der Waals surface area contributed by atoms with Crippen LogP contribution in [-0.2, 0) is 0 Å². The van der Waals surface area contributed by atoms with E-state index in [-0.39, 0.29) is 0 Å². The van der Waals surface area contributed by atoms with Gasteiger partial charge in [0, 0.05) is 31.7 Å². The summed E-state index contributed by atoms with van der Waals surface area (Å²) in [4.78, 5) is 2.85. The highest BCUT2D eigenvalue weighted by atomic mass is 15.2. The van der Waals surface area contributed by atoms with Crippen molar-refractivity contribution in [1.29, 1.82) is 0 Å². The number of nitrogens with zero attached hydrogens (tertiary/aromatic N) is 1. The molecule has 2 saturated carbocycles. The Morgan fingerprint density at radius 1 is 1.22 bits per heavy atom. The maximum absolute atomic E-state index is 3.81. The molecule has 0 radical (unpaired) electrons. The molecular weight excluding hydrogens is 220 g/mol. The van der Waals surface area contributed by atoms with E-state index in [1.165, 1.54) is 64.6 Å². The average Bonchev–Trinajstić information content (AvgIpc) is 3.18. The minimum atomic E-state index is 0.693. The van der Waals surface area contributed by atoms with Crippen LogP contribution in [0.2, 0.25) is 0 Å². The van der Waals surface area contributed by atoms with Gasteiger partial charge in [-0.05, 0) is 49.9 Å². The van der Waals surface area contributed by atoms with Gasteiger partial charge in [-0.25, -0.2) is 0 Å². The maximum Gasteiger partial charge on any atom is 0.0224 e. The summed E-state index contributed by atoms with van der Waals surface area (Å²) in [5.41, 5.74) is 0.693. The first-order valence-corrected chi connectivity index (χ1v) is 8.24. The number of hydrogen-bond donors (Lipinski definition) is 1. The Morgan fingerprint density at radius 3 is 2.50 bits per heavy atom. The zero-order chi connectivity index (χ0) is 12.6. The number of nitrogens with one attached hydrogen (secondary N) is 1. The smallest absolute Gasteiger partial charge is 0.0224 e. The first kappa shape index (κ1) is 12.9. The van der Waals surface area contributed by atoms with Crippen molar-refractivity contribution in [3.8, 4) is 0 Å². The van der Waals surface area contributed by atoms with Crippen molar-refractivity contribution in [3.63, 3.8) is 0 Å². The summed E-state index contributed by atoms with van der Waals surface area (Å²) < 4.78 is 0. The van der Waals surface area contributed by atoms with Crippen molar-refractivity contribution < 1.29 is 0 Å². The second-order valence-corrected chi connectivity index (χ2v) is 7.05. The Balaban J connectivity index is 1.62. The minimum absolute atomic E-state index is 0.693. The Labute approximate surface area is 113 Å². The summed E-state index contributed by atoms with van der Waals surface area (Å²) in [6, 6.07) is 1.60. The second-order valence-electron chi connectivity index (χ2n) is 7.05. The zero-order valence-electron chi connectivity index (χ0n) is 12.3. The van der Waals surface area contributed by atoms with E-state index >= 15 is 0 Å². The SMILES string of the molecule is CCC1CNC(C2CC2)CN1CC1(CC)CCC1. The van der Waals surface area contributed by atoms with Gasteiger partial charge in [0.15, 0.2) is 0 Å². The highest BCUT2D eigenvalue weighted by Crippen LogP contribution is 2.45. The molecule has 1 N–H and O–H groups in total.